The van der Waals surface area contributed by atoms with E-state index in [1.165, 1.54) is 0 Å². The van der Waals surface area contributed by atoms with E-state index in [9.17, 15) is 9.59 Å². The molecule has 1 heterocycles. The number of anilines is 1. The molecule has 1 aromatic rings. The molecule has 2 amide bonds. The lowest BCUT2D eigenvalue weighted by atomic mass is 9.92. The first-order valence-electron chi connectivity index (χ1n) is 7.02. The molecule has 2 aliphatic rings. The molecule has 112 valence electrons. The number of carbonyl (C=O) groups is 2. The molecular weight excluding hydrogens is 336 g/mol. The summed E-state index contributed by atoms with van der Waals surface area (Å²) in [6.45, 7) is 0.0480. The van der Waals surface area contributed by atoms with Crippen LogP contribution in [0.15, 0.2) is 22.7 Å². The van der Waals surface area contributed by atoms with E-state index in [2.05, 4.69) is 21.2 Å². The summed E-state index contributed by atoms with van der Waals surface area (Å²) in [5.74, 6) is 0.534. The number of piperazine rings is 1. The van der Waals surface area contributed by atoms with Crippen LogP contribution >= 0.6 is 15.9 Å². The maximum atomic E-state index is 12.9. The number of benzene rings is 1. The number of amides is 2. The second kappa shape index (κ2) is 5.33. The van der Waals surface area contributed by atoms with Crippen LogP contribution in [0.25, 0.3) is 0 Å². The van der Waals surface area contributed by atoms with Gasteiger partial charge in [-0.1, -0.05) is 12.8 Å². The van der Waals surface area contributed by atoms with Gasteiger partial charge in [-0.2, -0.15) is 0 Å². The zero-order chi connectivity index (χ0) is 15.0. The number of hydrogen-bond donors (Lipinski definition) is 1. The summed E-state index contributed by atoms with van der Waals surface area (Å²) in [5, 5.41) is 2.91. The molecule has 1 N–H and O–H groups in total. The van der Waals surface area contributed by atoms with E-state index in [1.807, 2.05) is 12.1 Å². The average Bonchev–Trinajstić information content (AvgIpc) is 2.93. The molecule has 0 bridgehead atoms. The van der Waals surface area contributed by atoms with Crippen molar-refractivity contribution in [3.05, 3.63) is 22.7 Å². The molecule has 1 saturated heterocycles. The normalized spacial score (nSPS) is 20.8. The highest BCUT2D eigenvalue weighted by Crippen LogP contribution is 2.38. The smallest absolute Gasteiger partial charge is 0.253 e. The standard InChI is InChI=1S/C15H17BrN2O3/c1-21-10-4-5-11(16)12(8-10)18-9-13(19)17-15(14(18)20)6-2-3-7-15/h4-5,8H,2-3,6-7,9H2,1H3,(H,17,19). The van der Waals surface area contributed by atoms with Crippen LogP contribution in [0.3, 0.4) is 0 Å². The number of nitrogens with zero attached hydrogens (tertiary/aromatic N) is 1. The fourth-order valence-electron chi connectivity index (χ4n) is 3.17. The zero-order valence-corrected chi connectivity index (χ0v) is 13.4. The molecule has 0 radical (unpaired) electrons. The molecule has 5 nitrogen and oxygen atoms in total. The first-order chi connectivity index (χ1) is 10.1. The van der Waals surface area contributed by atoms with Crippen molar-refractivity contribution in [2.24, 2.45) is 0 Å². The van der Waals surface area contributed by atoms with Crippen molar-refractivity contribution in [1.82, 2.24) is 5.32 Å². The predicted octanol–water partition coefficient (Wildman–Crippen LogP) is 2.23. The van der Waals surface area contributed by atoms with Gasteiger partial charge in [0, 0.05) is 10.5 Å². The third-order valence-electron chi connectivity index (χ3n) is 4.24. The van der Waals surface area contributed by atoms with Gasteiger partial charge in [-0.3, -0.25) is 14.5 Å². The van der Waals surface area contributed by atoms with Crippen molar-refractivity contribution in [2.75, 3.05) is 18.6 Å². The molecule has 0 aromatic heterocycles. The van der Waals surface area contributed by atoms with Crippen LogP contribution in [-0.2, 0) is 9.59 Å². The van der Waals surface area contributed by atoms with Crippen molar-refractivity contribution >= 4 is 33.4 Å². The lowest BCUT2D eigenvalue weighted by Crippen LogP contribution is -2.65. The minimum atomic E-state index is -0.710. The molecule has 21 heavy (non-hydrogen) atoms. The quantitative estimate of drug-likeness (QED) is 0.887. The number of halogens is 1. The Morgan fingerprint density at radius 2 is 2.00 bits per heavy atom. The summed E-state index contributed by atoms with van der Waals surface area (Å²) in [7, 11) is 1.58. The van der Waals surface area contributed by atoms with E-state index in [1.54, 1.807) is 18.1 Å². The monoisotopic (exact) mass is 352 g/mol. The van der Waals surface area contributed by atoms with Crippen molar-refractivity contribution in [1.29, 1.82) is 0 Å². The minimum Gasteiger partial charge on any atom is -0.497 e. The molecule has 1 aromatic carbocycles. The molecule has 1 spiro atoms. The number of rotatable bonds is 2. The van der Waals surface area contributed by atoms with Gasteiger partial charge in [0.05, 0.1) is 12.8 Å². The second-order valence-corrected chi connectivity index (χ2v) is 6.40. The van der Waals surface area contributed by atoms with Crippen molar-refractivity contribution in [2.45, 2.75) is 31.2 Å². The Morgan fingerprint density at radius 3 is 2.67 bits per heavy atom. The van der Waals surface area contributed by atoms with Crippen LogP contribution in [-0.4, -0.2) is 31.0 Å². The highest BCUT2D eigenvalue weighted by molar-refractivity contribution is 9.10. The second-order valence-electron chi connectivity index (χ2n) is 5.55. The number of carbonyl (C=O) groups excluding carboxylic acids is 2. The Bertz CT molecular complexity index is 597. The fourth-order valence-corrected chi connectivity index (χ4v) is 3.63. The Hall–Kier alpha value is -1.56. The lowest BCUT2D eigenvalue weighted by Gasteiger charge is -2.40. The Balaban J connectivity index is 2.01. The van der Waals surface area contributed by atoms with Crippen molar-refractivity contribution in [3.8, 4) is 5.75 Å². The third-order valence-corrected chi connectivity index (χ3v) is 4.91. The highest BCUT2D eigenvalue weighted by atomic mass is 79.9. The molecule has 3 rings (SSSR count). The molecule has 0 atom stereocenters. The van der Waals surface area contributed by atoms with E-state index in [0.717, 1.165) is 30.2 Å². The van der Waals surface area contributed by atoms with Crippen LogP contribution in [0.2, 0.25) is 0 Å². The SMILES string of the molecule is COc1ccc(Br)c(N2CC(=O)NC3(CCCC3)C2=O)c1. The van der Waals surface area contributed by atoms with Crippen LogP contribution in [0, 0.1) is 0 Å². The van der Waals surface area contributed by atoms with Gasteiger partial charge in [0.15, 0.2) is 0 Å². The fraction of sp³-hybridized carbons (Fsp3) is 0.467. The summed E-state index contributed by atoms with van der Waals surface area (Å²) in [5.41, 5.74) is -0.0295. The van der Waals surface area contributed by atoms with Gasteiger partial charge in [-0.15, -0.1) is 0 Å². The maximum Gasteiger partial charge on any atom is 0.253 e. The van der Waals surface area contributed by atoms with Gasteiger partial charge in [-0.25, -0.2) is 0 Å². The summed E-state index contributed by atoms with van der Waals surface area (Å²) in [6.07, 6.45) is 3.38. The van der Waals surface area contributed by atoms with E-state index >= 15 is 0 Å². The molecule has 1 aliphatic carbocycles. The lowest BCUT2D eigenvalue weighted by molar-refractivity contribution is -0.135. The van der Waals surface area contributed by atoms with Gasteiger partial charge in [0.25, 0.3) is 5.91 Å². The summed E-state index contributed by atoms with van der Waals surface area (Å²) in [4.78, 5) is 26.5. The molecule has 1 aliphatic heterocycles. The molecular formula is C15H17BrN2O3. The van der Waals surface area contributed by atoms with Gasteiger partial charge >= 0.3 is 0 Å². The van der Waals surface area contributed by atoms with E-state index < -0.39 is 5.54 Å². The zero-order valence-electron chi connectivity index (χ0n) is 11.8. The van der Waals surface area contributed by atoms with Gasteiger partial charge in [0.1, 0.15) is 17.8 Å². The first kappa shape index (κ1) is 14.4. The summed E-state index contributed by atoms with van der Waals surface area (Å²) < 4.78 is 6.00. The van der Waals surface area contributed by atoms with Crippen molar-refractivity contribution < 1.29 is 14.3 Å². The summed E-state index contributed by atoms with van der Waals surface area (Å²) >= 11 is 3.46. The number of methoxy groups -OCH3 is 1. The third kappa shape index (κ3) is 2.41. The largest absolute Gasteiger partial charge is 0.497 e. The molecule has 2 fully saturated rings. The number of nitrogens with one attached hydrogen (secondary N) is 1. The van der Waals surface area contributed by atoms with Gasteiger partial charge in [0.2, 0.25) is 5.91 Å². The van der Waals surface area contributed by atoms with Gasteiger partial charge in [-0.05, 0) is 40.9 Å². The highest BCUT2D eigenvalue weighted by Gasteiger charge is 2.48. The van der Waals surface area contributed by atoms with Crippen molar-refractivity contribution in [3.63, 3.8) is 0 Å². The first-order valence-corrected chi connectivity index (χ1v) is 7.81. The minimum absolute atomic E-state index is 0.0199. The number of hydrogen-bond acceptors (Lipinski definition) is 3. The average molecular weight is 353 g/mol. The topological polar surface area (TPSA) is 58.6 Å². The van der Waals surface area contributed by atoms with Crippen LogP contribution in [0.4, 0.5) is 5.69 Å². The van der Waals surface area contributed by atoms with E-state index in [4.69, 9.17) is 4.74 Å². The van der Waals surface area contributed by atoms with Crippen LogP contribution in [0.5, 0.6) is 5.75 Å². The molecule has 1 saturated carbocycles. The Labute approximate surface area is 131 Å². The maximum absolute atomic E-state index is 12.9. The van der Waals surface area contributed by atoms with Gasteiger partial charge < -0.3 is 10.1 Å². The van der Waals surface area contributed by atoms with E-state index in [-0.39, 0.29) is 18.4 Å². The number of ether oxygens (including phenoxy) is 1. The van der Waals surface area contributed by atoms with E-state index in [0.29, 0.717) is 11.4 Å². The van der Waals surface area contributed by atoms with Crippen LogP contribution < -0.4 is 15.0 Å². The molecule has 6 heteroatoms. The van der Waals surface area contributed by atoms with Crippen LogP contribution in [0.1, 0.15) is 25.7 Å². The Morgan fingerprint density at radius 1 is 1.29 bits per heavy atom. The Kier molecular flexibility index (Phi) is 3.65. The predicted molar refractivity (Wildman–Crippen MR) is 82.4 cm³/mol. The summed E-state index contributed by atoms with van der Waals surface area (Å²) in [6, 6.07) is 5.42. The molecule has 0 unspecified atom stereocenters.